The van der Waals surface area contributed by atoms with Crippen molar-refractivity contribution >= 4 is 22.8 Å². The van der Waals surface area contributed by atoms with Crippen LogP contribution in [-0.2, 0) is 9.59 Å². The summed E-state index contributed by atoms with van der Waals surface area (Å²) in [5, 5.41) is 14.9. The highest BCUT2D eigenvalue weighted by atomic mass is 16.5. The van der Waals surface area contributed by atoms with Gasteiger partial charge < -0.3 is 20.1 Å². The topological polar surface area (TPSA) is 107 Å². The van der Waals surface area contributed by atoms with Crippen LogP contribution < -0.4 is 20.1 Å². The highest BCUT2D eigenvalue weighted by Crippen LogP contribution is 2.30. The van der Waals surface area contributed by atoms with Crippen LogP contribution in [0.4, 0.5) is 0 Å². The molecule has 4 aromatic rings. The van der Waals surface area contributed by atoms with Crippen LogP contribution in [0.1, 0.15) is 60.0 Å². The Bertz CT molecular complexity index is 1500. The lowest BCUT2D eigenvalue weighted by Gasteiger charge is -2.25. The molecule has 1 heterocycles. The highest BCUT2D eigenvalue weighted by Gasteiger charge is 2.32. The molecule has 1 saturated carbocycles. The molecule has 5 rings (SSSR count). The van der Waals surface area contributed by atoms with Gasteiger partial charge >= 0.3 is 0 Å². The normalized spacial score (nSPS) is 15.0. The van der Waals surface area contributed by atoms with E-state index >= 15 is 0 Å². The summed E-state index contributed by atoms with van der Waals surface area (Å²) < 4.78 is 12.6. The Hall–Kier alpha value is -4.40. The lowest BCUT2D eigenvalue weighted by Crippen LogP contribution is -2.45. The summed E-state index contributed by atoms with van der Waals surface area (Å²) in [7, 11) is 3.10. The summed E-state index contributed by atoms with van der Waals surface area (Å²) in [5.41, 5.74) is 4.86. The van der Waals surface area contributed by atoms with Crippen molar-refractivity contribution in [2.75, 3.05) is 14.2 Å². The number of nitrogens with one attached hydrogen (secondary N) is 2. The Kier molecular flexibility index (Phi) is 8.00. The Morgan fingerprint density at radius 2 is 1.57 bits per heavy atom. The SMILES string of the molecule is COc1cc(OC)cc([C@@H](NC(=O)[C@@H](c2ccc(C)c(C)c2)n2nnc3ccccc32)C(=O)NC2CCCC2)c1. The Balaban J connectivity index is 1.57. The first kappa shape index (κ1) is 27.2. The number of aryl methyl sites for hydroxylation is 2. The van der Waals surface area contributed by atoms with E-state index in [2.05, 4.69) is 20.9 Å². The van der Waals surface area contributed by atoms with Gasteiger partial charge in [0.25, 0.3) is 0 Å². The summed E-state index contributed by atoms with van der Waals surface area (Å²) >= 11 is 0. The molecule has 9 nitrogen and oxygen atoms in total. The summed E-state index contributed by atoms with van der Waals surface area (Å²) in [6.07, 6.45) is 3.99. The number of carbonyl (C=O) groups excluding carboxylic acids is 2. The number of carbonyl (C=O) groups is 2. The van der Waals surface area contributed by atoms with Gasteiger partial charge in [0.05, 0.1) is 19.7 Å². The minimum Gasteiger partial charge on any atom is -0.497 e. The number of ether oxygens (including phenoxy) is 2. The van der Waals surface area contributed by atoms with E-state index in [0.717, 1.165) is 47.9 Å². The van der Waals surface area contributed by atoms with Gasteiger partial charge in [0.1, 0.15) is 23.1 Å². The first-order chi connectivity index (χ1) is 19.4. The Morgan fingerprint density at radius 3 is 2.25 bits per heavy atom. The third-order valence-electron chi connectivity index (χ3n) is 7.67. The Labute approximate surface area is 233 Å². The van der Waals surface area contributed by atoms with E-state index < -0.39 is 12.1 Å². The fourth-order valence-corrected chi connectivity index (χ4v) is 5.29. The van der Waals surface area contributed by atoms with Crippen LogP contribution in [0, 0.1) is 13.8 Å². The third kappa shape index (κ3) is 5.64. The molecule has 9 heteroatoms. The number of methoxy groups -OCH3 is 2. The van der Waals surface area contributed by atoms with E-state index in [1.165, 1.54) is 0 Å². The minimum atomic E-state index is -0.985. The van der Waals surface area contributed by atoms with Crippen LogP contribution in [0.2, 0.25) is 0 Å². The van der Waals surface area contributed by atoms with Crippen molar-refractivity contribution in [2.45, 2.75) is 57.7 Å². The van der Waals surface area contributed by atoms with E-state index in [1.54, 1.807) is 37.1 Å². The van der Waals surface area contributed by atoms with Gasteiger partial charge in [-0.3, -0.25) is 9.59 Å². The van der Waals surface area contributed by atoms with Gasteiger partial charge in [0, 0.05) is 12.1 Å². The molecule has 208 valence electrons. The van der Waals surface area contributed by atoms with Crippen LogP contribution in [-0.4, -0.2) is 47.1 Å². The summed E-state index contributed by atoms with van der Waals surface area (Å²) in [5.74, 6) is 0.385. The first-order valence-electron chi connectivity index (χ1n) is 13.6. The number of amides is 2. The predicted octanol–water partition coefficient (Wildman–Crippen LogP) is 4.57. The number of rotatable bonds is 9. The smallest absolute Gasteiger partial charge is 0.250 e. The third-order valence-corrected chi connectivity index (χ3v) is 7.67. The van der Waals surface area contributed by atoms with Crippen LogP contribution >= 0.6 is 0 Å². The second-order valence-electron chi connectivity index (χ2n) is 10.3. The van der Waals surface area contributed by atoms with E-state index in [4.69, 9.17) is 9.47 Å². The standard InChI is InChI=1S/C31H35N5O4/c1-19-13-14-21(15-20(19)2)29(36-27-12-8-7-11-26(27)34-35-36)31(38)33-28(30(37)32-23-9-5-6-10-23)22-16-24(39-3)18-25(17-22)40-4/h7-8,11-18,23,28-29H,5-6,9-10H2,1-4H3,(H,32,37)(H,33,38)/t28-,29-/m1/s1. The Morgan fingerprint density at radius 1 is 0.875 bits per heavy atom. The van der Waals surface area contributed by atoms with Crippen molar-refractivity contribution in [1.29, 1.82) is 0 Å². The molecular weight excluding hydrogens is 506 g/mol. The number of para-hydroxylation sites is 1. The lowest BCUT2D eigenvalue weighted by molar-refractivity contribution is -0.130. The summed E-state index contributed by atoms with van der Waals surface area (Å²) in [6, 6.07) is 16.9. The van der Waals surface area contributed by atoms with Crippen molar-refractivity contribution in [2.24, 2.45) is 0 Å². The molecule has 2 amide bonds. The van der Waals surface area contributed by atoms with Crippen molar-refractivity contribution in [3.8, 4) is 11.5 Å². The number of benzene rings is 3. The molecule has 1 aromatic heterocycles. The first-order valence-corrected chi connectivity index (χ1v) is 13.6. The van der Waals surface area contributed by atoms with E-state index in [9.17, 15) is 9.59 Å². The van der Waals surface area contributed by atoms with E-state index in [0.29, 0.717) is 22.6 Å². The molecule has 3 aromatic carbocycles. The van der Waals surface area contributed by atoms with Gasteiger partial charge in [-0.05, 0) is 73.2 Å². The molecular formula is C31H35N5O4. The van der Waals surface area contributed by atoms with E-state index in [1.807, 2.05) is 56.3 Å². The number of hydrogen-bond acceptors (Lipinski definition) is 6. The van der Waals surface area contributed by atoms with Crippen molar-refractivity contribution in [3.63, 3.8) is 0 Å². The maximum Gasteiger partial charge on any atom is 0.250 e. The molecule has 2 N–H and O–H groups in total. The van der Waals surface area contributed by atoms with Crippen LogP contribution in [0.3, 0.4) is 0 Å². The number of fused-ring (bicyclic) bond motifs is 1. The average molecular weight is 542 g/mol. The van der Waals surface area contributed by atoms with Gasteiger partial charge in [-0.15, -0.1) is 5.10 Å². The zero-order valence-corrected chi connectivity index (χ0v) is 23.3. The predicted molar refractivity (Wildman–Crippen MR) is 152 cm³/mol. The van der Waals surface area contributed by atoms with Crippen molar-refractivity contribution in [1.82, 2.24) is 25.6 Å². The molecule has 0 saturated heterocycles. The fourth-order valence-electron chi connectivity index (χ4n) is 5.29. The molecule has 0 spiro atoms. The molecule has 1 fully saturated rings. The maximum absolute atomic E-state index is 14.3. The van der Waals surface area contributed by atoms with Gasteiger partial charge in [0.15, 0.2) is 6.04 Å². The highest BCUT2D eigenvalue weighted by molar-refractivity contribution is 5.92. The zero-order chi connectivity index (χ0) is 28.2. The minimum absolute atomic E-state index is 0.0780. The molecule has 0 bridgehead atoms. The van der Waals surface area contributed by atoms with Gasteiger partial charge in [-0.25, -0.2) is 4.68 Å². The van der Waals surface area contributed by atoms with Gasteiger partial charge in [-0.1, -0.05) is 48.4 Å². The van der Waals surface area contributed by atoms with Crippen LogP contribution in [0.15, 0.2) is 60.7 Å². The summed E-state index contributed by atoms with van der Waals surface area (Å²) in [6.45, 7) is 4.03. The number of aromatic nitrogens is 3. The second-order valence-corrected chi connectivity index (χ2v) is 10.3. The number of hydrogen-bond donors (Lipinski definition) is 2. The number of nitrogens with zero attached hydrogens (tertiary/aromatic N) is 3. The van der Waals surface area contributed by atoms with Gasteiger partial charge in [0.2, 0.25) is 11.8 Å². The molecule has 1 aliphatic rings. The monoisotopic (exact) mass is 541 g/mol. The lowest BCUT2D eigenvalue weighted by atomic mass is 9.99. The summed E-state index contributed by atoms with van der Waals surface area (Å²) in [4.78, 5) is 28.0. The van der Waals surface area contributed by atoms with Crippen LogP contribution in [0.25, 0.3) is 11.0 Å². The molecule has 0 unspecified atom stereocenters. The maximum atomic E-state index is 14.3. The van der Waals surface area contributed by atoms with Crippen LogP contribution in [0.5, 0.6) is 11.5 Å². The molecule has 0 aliphatic heterocycles. The largest absolute Gasteiger partial charge is 0.497 e. The van der Waals surface area contributed by atoms with Crippen molar-refractivity contribution in [3.05, 3.63) is 82.9 Å². The van der Waals surface area contributed by atoms with E-state index in [-0.39, 0.29) is 17.9 Å². The average Bonchev–Trinajstić information content (AvgIpc) is 3.63. The molecule has 0 radical (unpaired) electrons. The van der Waals surface area contributed by atoms with Crippen molar-refractivity contribution < 1.29 is 19.1 Å². The molecule has 2 atom stereocenters. The molecule has 40 heavy (non-hydrogen) atoms. The molecule has 1 aliphatic carbocycles. The van der Waals surface area contributed by atoms with Gasteiger partial charge in [-0.2, -0.15) is 0 Å². The fraction of sp³-hybridized carbons (Fsp3) is 0.355. The zero-order valence-electron chi connectivity index (χ0n) is 23.3. The quantitative estimate of drug-likeness (QED) is 0.321. The second kappa shape index (κ2) is 11.8.